The largest absolute Gasteiger partial charge is 0.313 e. The molecule has 2 rings (SSSR count). The Morgan fingerprint density at radius 1 is 1.29 bits per heavy atom. The predicted molar refractivity (Wildman–Crippen MR) is 86.7 cm³/mol. The lowest BCUT2D eigenvalue weighted by atomic mass is 10.0. The Balaban J connectivity index is 2.10. The molecule has 0 aliphatic rings. The summed E-state index contributed by atoms with van der Waals surface area (Å²) in [5.74, 6) is 1.03. The maximum Gasteiger partial charge on any atom is 0.138 e. The summed E-state index contributed by atoms with van der Waals surface area (Å²) in [4.78, 5) is 4.40. The monoisotopic (exact) mass is 306 g/mol. The Hall–Kier alpha value is -1.39. The van der Waals surface area contributed by atoms with E-state index in [1.165, 1.54) is 5.56 Å². The maximum atomic E-state index is 6.07. The van der Waals surface area contributed by atoms with E-state index >= 15 is 0 Å². The molecule has 0 aliphatic heterocycles. The highest BCUT2D eigenvalue weighted by Gasteiger charge is 2.15. The number of nitrogens with zero attached hydrogens (tertiary/aromatic N) is 3. The molecule has 4 nitrogen and oxygen atoms in total. The van der Waals surface area contributed by atoms with E-state index in [1.807, 2.05) is 22.9 Å². The van der Waals surface area contributed by atoms with Gasteiger partial charge in [-0.05, 0) is 44.5 Å². The minimum absolute atomic E-state index is 0.329. The van der Waals surface area contributed by atoms with Gasteiger partial charge in [0.1, 0.15) is 12.2 Å². The van der Waals surface area contributed by atoms with E-state index in [0.29, 0.717) is 12.1 Å². The molecule has 1 heterocycles. The molecular weight excluding hydrogens is 284 g/mol. The van der Waals surface area contributed by atoms with Crippen molar-refractivity contribution in [3.63, 3.8) is 0 Å². The van der Waals surface area contributed by atoms with Crippen LogP contribution in [0.4, 0.5) is 0 Å². The van der Waals surface area contributed by atoms with E-state index in [-0.39, 0.29) is 0 Å². The number of benzene rings is 1. The minimum Gasteiger partial charge on any atom is -0.313 e. The first-order valence-corrected chi connectivity index (χ1v) is 7.84. The third-order valence-electron chi connectivity index (χ3n) is 3.43. The lowest BCUT2D eigenvalue weighted by Crippen LogP contribution is -2.34. The van der Waals surface area contributed by atoms with Crippen molar-refractivity contribution in [2.75, 3.05) is 6.54 Å². The van der Waals surface area contributed by atoms with E-state index < -0.39 is 0 Å². The highest BCUT2D eigenvalue weighted by molar-refractivity contribution is 6.30. The van der Waals surface area contributed by atoms with Crippen LogP contribution in [0.3, 0.4) is 0 Å². The standard InChI is InChI=1S/C16H23ClN4/c1-4-18-15(9-13-6-5-7-14(17)8-13)10-16-19-11-20-21(16)12(2)3/h5-8,11-12,15,18H,4,9-10H2,1-3H3. The molecule has 1 N–H and O–H groups in total. The molecule has 0 radical (unpaired) electrons. The van der Waals surface area contributed by atoms with Crippen molar-refractivity contribution in [1.82, 2.24) is 20.1 Å². The maximum absolute atomic E-state index is 6.07. The molecule has 0 fully saturated rings. The Labute approximate surface area is 131 Å². The molecule has 1 atom stereocenters. The van der Waals surface area contributed by atoms with Gasteiger partial charge in [0.25, 0.3) is 0 Å². The Bertz CT molecular complexity index is 565. The van der Waals surface area contributed by atoms with E-state index in [1.54, 1.807) is 6.33 Å². The van der Waals surface area contributed by atoms with Gasteiger partial charge in [-0.2, -0.15) is 5.10 Å². The summed E-state index contributed by atoms with van der Waals surface area (Å²) in [6.07, 6.45) is 3.43. The molecule has 0 aliphatic carbocycles. The number of likely N-dealkylation sites (N-methyl/N-ethyl adjacent to an activating group) is 1. The summed E-state index contributed by atoms with van der Waals surface area (Å²) in [5.41, 5.74) is 1.24. The molecule has 0 saturated heterocycles. The van der Waals surface area contributed by atoms with Gasteiger partial charge >= 0.3 is 0 Å². The van der Waals surface area contributed by atoms with E-state index in [2.05, 4.69) is 42.2 Å². The molecule has 5 heteroatoms. The third kappa shape index (κ3) is 4.55. The van der Waals surface area contributed by atoms with Crippen LogP contribution in [-0.4, -0.2) is 27.4 Å². The van der Waals surface area contributed by atoms with Gasteiger partial charge in [0.15, 0.2) is 0 Å². The first-order chi connectivity index (χ1) is 10.1. The van der Waals surface area contributed by atoms with Crippen LogP contribution in [0.2, 0.25) is 5.02 Å². The van der Waals surface area contributed by atoms with Crippen LogP contribution in [0.5, 0.6) is 0 Å². The van der Waals surface area contributed by atoms with E-state index in [0.717, 1.165) is 30.2 Å². The first-order valence-electron chi connectivity index (χ1n) is 7.46. The predicted octanol–water partition coefficient (Wildman–Crippen LogP) is 3.28. The second-order valence-corrected chi connectivity index (χ2v) is 5.94. The zero-order chi connectivity index (χ0) is 15.2. The summed E-state index contributed by atoms with van der Waals surface area (Å²) in [7, 11) is 0. The molecule has 0 spiro atoms. The zero-order valence-electron chi connectivity index (χ0n) is 12.9. The number of halogens is 1. The summed E-state index contributed by atoms with van der Waals surface area (Å²) >= 11 is 6.07. The van der Waals surface area contributed by atoms with Gasteiger partial charge in [-0.25, -0.2) is 9.67 Å². The Morgan fingerprint density at radius 2 is 2.10 bits per heavy atom. The van der Waals surface area contributed by atoms with Gasteiger partial charge in [-0.3, -0.25) is 0 Å². The van der Waals surface area contributed by atoms with Crippen molar-refractivity contribution >= 4 is 11.6 Å². The Kier molecular flexibility index (Phi) is 5.76. The van der Waals surface area contributed by atoms with Crippen LogP contribution < -0.4 is 5.32 Å². The minimum atomic E-state index is 0.329. The van der Waals surface area contributed by atoms with Gasteiger partial charge in [-0.1, -0.05) is 30.7 Å². The average Bonchev–Trinajstić information content (AvgIpc) is 2.87. The highest BCUT2D eigenvalue weighted by atomic mass is 35.5. The summed E-state index contributed by atoms with van der Waals surface area (Å²) in [6.45, 7) is 7.30. The molecule has 1 aromatic heterocycles. The van der Waals surface area contributed by atoms with Crippen molar-refractivity contribution in [3.8, 4) is 0 Å². The second kappa shape index (κ2) is 7.57. The molecule has 0 amide bonds. The number of aromatic nitrogens is 3. The average molecular weight is 307 g/mol. The Morgan fingerprint density at radius 3 is 2.76 bits per heavy atom. The van der Waals surface area contributed by atoms with Crippen LogP contribution in [0.15, 0.2) is 30.6 Å². The van der Waals surface area contributed by atoms with Crippen LogP contribution in [0.1, 0.15) is 38.2 Å². The van der Waals surface area contributed by atoms with Crippen molar-refractivity contribution in [3.05, 3.63) is 47.0 Å². The fraction of sp³-hybridized carbons (Fsp3) is 0.500. The normalized spacial score (nSPS) is 12.8. The first kappa shape index (κ1) is 16.0. The van der Waals surface area contributed by atoms with Crippen molar-refractivity contribution < 1.29 is 0 Å². The fourth-order valence-corrected chi connectivity index (χ4v) is 2.74. The third-order valence-corrected chi connectivity index (χ3v) is 3.66. The second-order valence-electron chi connectivity index (χ2n) is 5.51. The van der Waals surface area contributed by atoms with E-state index in [4.69, 9.17) is 11.6 Å². The summed E-state index contributed by atoms with van der Waals surface area (Å²) < 4.78 is 1.99. The van der Waals surface area contributed by atoms with Crippen molar-refractivity contribution in [2.45, 2.75) is 45.7 Å². The van der Waals surface area contributed by atoms with Crippen LogP contribution in [0.25, 0.3) is 0 Å². The number of nitrogens with one attached hydrogen (secondary N) is 1. The molecule has 0 saturated carbocycles. The number of rotatable bonds is 7. The van der Waals surface area contributed by atoms with E-state index in [9.17, 15) is 0 Å². The van der Waals surface area contributed by atoms with Gasteiger partial charge in [0, 0.05) is 23.5 Å². The lowest BCUT2D eigenvalue weighted by Gasteiger charge is -2.19. The van der Waals surface area contributed by atoms with Crippen molar-refractivity contribution in [1.29, 1.82) is 0 Å². The summed E-state index contributed by atoms with van der Waals surface area (Å²) in [6, 6.07) is 8.70. The molecule has 0 bridgehead atoms. The molecule has 1 unspecified atom stereocenters. The van der Waals surface area contributed by atoms with Gasteiger partial charge in [0.05, 0.1) is 0 Å². The zero-order valence-corrected chi connectivity index (χ0v) is 13.6. The molecule has 114 valence electrons. The molecule has 2 aromatic rings. The SMILES string of the molecule is CCNC(Cc1cccc(Cl)c1)Cc1ncnn1C(C)C. The number of hydrogen-bond donors (Lipinski definition) is 1. The van der Waals surface area contributed by atoms with Gasteiger partial charge < -0.3 is 5.32 Å². The van der Waals surface area contributed by atoms with Crippen LogP contribution >= 0.6 is 11.6 Å². The van der Waals surface area contributed by atoms with Gasteiger partial charge in [0.2, 0.25) is 0 Å². The molecule has 1 aromatic carbocycles. The topological polar surface area (TPSA) is 42.7 Å². The van der Waals surface area contributed by atoms with Crippen LogP contribution in [-0.2, 0) is 12.8 Å². The van der Waals surface area contributed by atoms with Gasteiger partial charge in [-0.15, -0.1) is 0 Å². The number of hydrogen-bond acceptors (Lipinski definition) is 3. The van der Waals surface area contributed by atoms with Crippen molar-refractivity contribution in [2.24, 2.45) is 0 Å². The molecular formula is C16H23ClN4. The quantitative estimate of drug-likeness (QED) is 0.853. The fourth-order valence-electron chi connectivity index (χ4n) is 2.53. The summed E-state index contributed by atoms with van der Waals surface area (Å²) in [5, 5.41) is 8.62. The highest BCUT2D eigenvalue weighted by Crippen LogP contribution is 2.14. The molecule has 21 heavy (non-hydrogen) atoms. The van der Waals surface area contributed by atoms with Crippen LogP contribution in [0, 0.1) is 0 Å². The lowest BCUT2D eigenvalue weighted by molar-refractivity contribution is 0.459. The smallest absolute Gasteiger partial charge is 0.138 e.